The van der Waals surface area contributed by atoms with Crippen molar-refractivity contribution in [2.24, 2.45) is 0 Å². The van der Waals surface area contributed by atoms with E-state index in [1.807, 2.05) is 12.1 Å². The molecule has 0 amide bonds. The molecule has 0 spiro atoms. The second-order valence-electron chi connectivity index (χ2n) is 5.66. The highest BCUT2D eigenvalue weighted by atomic mass is 35.5. The molecule has 2 aromatic carbocycles. The lowest BCUT2D eigenvalue weighted by atomic mass is 10.2. The predicted octanol–water partition coefficient (Wildman–Crippen LogP) is 5.29. The number of hydrogen-bond donors (Lipinski definition) is 1. The van der Waals surface area contributed by atoms with Crippen molar-refractivity contribution in [1.29, 1.82) is 0 Å². The summed E-state index contributed by atoms with van der Waals surface area (Å²) < 4.78 is 19.0. The minimum atomic E-state index is -0.251. The van der Waals surface area contributed by atoms with Gasteiger partial charge in [0.1, 0.15) is 5.82 Å². The third-order valence-corrected chi connectivity index (χ3v) is 5.91. The van der Waals surface area contributed by atoms with Crippen LogP contribution in [0.3, 0.4) is 0 Å². The largest absolute Gasteiger partial charge is 0.356 e. The molecule has 0 saturated heterocycles. The summed E-state index contributed by atoms with van der Waals surface area (Å²) in [7, 11) is 0. The number of nitrogens with zero attached hydrogens (tertiary/aromatic N) is 4. The van der Waals surface area contributed by atoms with Crippen LogP contribution in [0.5, 0.6) is 0 Å². The molecule has 2 aromatic heterocycles. The lowest BCUT2D eigenvalue weighted by Gasteiger charge is -2.01. The lowest BCUT2D eigenvalue weighted by molar-refractivity contribution is 0.425. The third-order valence-electron chi connectivity index (χ3n) is 3.65. The molecule has 0 fully saturated rings. The molecule has 0 saturated carbocycles. The highest BCUT2D eigenvalue weighted by Gasteiger charge is 2.11. The van der Waals surface area contributed by atoms with Crippen LogP contribution in [0, 0.1) is 5.82 Å². The second-order valence-corrected chi connectivity index (χ2v) is 8.30. The molecular weight excluding hydrogens is 421 g/mol. The Morgan fingerprint density at radius 2 is 1.86 bits per heavy atom. The standard InChI is InChI=1S/C18H13ClFN5OS2/c19-13-5-3-12(4-6-13)16-22-15(25-26-16)10-27-18-24-23-17(28-18)21-9-11-1-7-14(20)8-2-11/h1-8H,9-10H2,(H,21,23). The van der Waals surface area contributed by atoms with Crippen LogP contribution in [-0.4, -0.2) is 20.3 Å². The van der Waals surface area contributed by atoms with Crippen LogP contribution in [0.4, 0.5) is 9.52 Å². The van der Waals surface area contributed by atoms with Gasteiger partial charge < -0.3 is 9.84 Å². The van der Waals surface area contributed by atoms with Gasteiger partial charge in [-0.05, 0) is 42.0 Å². The maximum atomic E-state index is 12.9. The zero-order chi connectivity index (χ0) is 19.3. The summed E-state index contributed by atoms with van der Waals surface area (Å²) in [5.74, 6) is 1.29. The Morgan fingerprint density at radius 3 is 2.64 bits per heavy atom. The Morgan fingerprint density at radius 1 is 1.07 bits per heavy atom. The van der Waals surface area contributed by atoms with E-state index in [-0.39, 0.29) is 5.82 Å². The first-order chi connectivity index (χ1) is 13.7. The van der Waals surface area contributed by atoms with Gasteiger partial charge in [0.2, 0.25) is 5.13 Å². The maximum absolute atomic E-state index is 12.9. The molecule has 2 heterocycles. The fraction of sp³-hybridized carbons (Fsp3) is 0.111. The second kappa shape index (κ2) is 8.68. The molecule has 28 heavy (non-hydrogen) atoms. The summed E-state index contributed by atoms with van der Waals surface area (Å²) in [5, 5.41) is 16.8. The van der Waals surface area contributed by atoms with Gasteiger partial charge in [-0.15, -0.1) is 10.2 Å². The summed E-state index contributed by atoms with van der Waals surface area (Å²) >= 11 is 8.80. The van der Waals surface area contributed by atoms with E-state index in [2.05, 4.69) is 25.7 Å². The zero-order valence-electron chi connectivity index (χ0n) is 14.3. The normalized spacial score (nSPS) is 10.9. The molecule has 0 aliphatic rings. The van der Waals surface area contributed by atoms with Crippen molar-refractivity contribution in [3.05, 3.63) is 70.8 Å². The summed E-state index contributed by atoms with van der Waals surface area (Å²) in [5.41, 5.74) is 1.78. The molecule has 0 bridgehead atoms. The fourth-order valence-corrected chi connectivity index (χ4v) is 3.98. The van der Waals surface area contributed by atoms with Gasteiger partial charge >= 0.3 is 0 Å². The van der Waals surface area contributed by atoms with Gasteiger partial charge in [0.15, 0.2) is 10.2 Å². The van der Waals surface area contributed by atoms with Crippen molar-refractivity contribution in [2.45, 2.75) is 16.6 Å². The van der Waals surface area contributed by atoms with Crippen LogP contribution in [0.2, 0.25) is 5.02 Å². The Hall–Kier alpha value is -2.49. The van der Waals surface area contributed by atoms with Crippen LogP contribution in [0.25, 0.3) is 11.5 Å². The summed E-state index contributed by atoms with van der Waals surface area (Å²) in [6.45, 7) is 0.550. The number of thioether (sulfide) groups is 1. The molecular formula is C18H13ClFN5OS2. The van der Waals surface area contributed by atoms with Crippen molar-refractivity contribution in [3.8, 4) is 11.5 Å². The van der Waals surface area contributed by atoms with E-state index < -0.39 is 0 Å². The maximum Gasteiger partial charge on any atom is 0.257 e. The number of rotatable bonds is 7. The molecule has 0 aliphatic heterocycles. The average molecular weight is 434 g/mol. The van der Waals surface area contributed by atoms with Crippen LogP contribution < -0.4 is 5.32 Å². The number of aromatic nitrogens is 4. The summed E-state index contributed by atoms with van der Waals surface area (Å²) in [6, 6.07) is 13.5. The summed E-state index contributed by atoms with van der Waals surface area (Å²) in [4.78, 5) is 4.38. The average Bonchev–Trinajstić information content (AvgIpc) is 3.36. The first kappa shape index (κ1) is 18.9. The van der Waals surface area contributed by atoms with E-state index in [0.717, 1.165) is 15.5 Å². The smallest absolute Gasteiger partial charge is 0.257 e. The Labute approximate surface area is 173 Å². The molecule has 0 radical (unpaired) electrons. The van der Waals surface area contributed by atoms with E-state index in [1.165, 1.54) is 35.2 Å². The van der Waals surface area contributed by atoms with E-state index in [0.29, 0.717) is 34.2 Å². The fourth-order valence-electron chi connectivity index (χ4n) is 2.27. The minimum absolute atomic E-state index is 0.251. The number of hydrogen-bond acceptors (Lipinski definition) is 8. The molecule has 1 N–H and O–H groups in total. The van der Waals surface area contributed by atoms with Crippen LogP contribution in [-0.2, 0) is 12.3 Å². The molecule has 4 rings (SSSR count). The quantitative estimate of drug-likeness (QED) is 0.397. The van der Waals surface area contributed by atoms with Crippen molar-refractivity contribution in [2.75, 3.05) is 5.32 Å². The van der Waals surface area contributed by atoms with E-state index in [9.17, 15) is 4.39 Å². The molecule has 142 valence electrons. The SMILES string of the molecule is Fc1ccc(CNc2nnc(SCc3noc(-c4ccc(Cl)cc4)n3)s2)cc1. The van der Waals surface area contributed by atoms with Gasteiger partial charge in [-0.2, -0.15) is 4.98 Å². The Kier molecular flexibility index (Phi) is 5.84. The number of anilines is 1. The molecule has 0 aliphatic carbocycles. The number of benzene rings is 2. The molecule has 0 atom stereocenters. The number of nitrogens with one attached hydrogen (secondary N) is 1. The highest BCUT2D eigenvalue weighted by Crippen LogP contribution is 2.28. The van der Waals surface area contributed by atoms with Crippen molar-refractivity contribution in [1.82, 2.24) is 20.3 Å². The lowest BCUT2D eigenvalue weighted by Crippen LogP contribution is -1.98. The first-order valence-electron chi connectivity index (χ1n) is 8.19. The van der Waals surface area contributed by atoms with Crippen molar-refractivity contribution >= 4 is 39.8 Å². The Bertz CT molecular complexity index is 1050. The summed E-state index contributed by atoms with van der Waals surface area (Å²) in [6.07, 6.45) is 0. The third kappa shape index (κ3) is 4.86. The van der Waals surface area contributed by atoms with Gasteiger partial charge in [-0.1, -0.05) is 52.0 Å². The molecule has 0 unspecified atom stereocenters. The molecule has 6 nitrogen and oxygen atoms in total. The molecule has 4 aromatic rings. The van der Waals surface area contributed by atoms with Crippen LogP contribution in [0.1, 0.15) is 11.4 Å². The Balaban J connectivity index is 1.31. The van der Waals surface area contributed by atoms with Gasteiger partial charge in [-0.3, -0.25) is 0 Å². The number of halogens is 2. The predicted molar refractivity (Wildman–Crippen MR) is 108 cm³/mol. The van der Waals surface area contributed by atoms with Gasteiger partial charge in [0.25, 0.3) is 5.89 Å². The van der Waals surface area contributed by atoms with Crippen molar-refractivity contribution < 1.29 is 8.91 Å². The minimum Gasteiger partial charge on any atom is -0.356 e. The van der Waals surface area contributed by atoms with Gasteiger partial charge in [-0.25, -0.2) is 4.39 Å². The monoisotopic (exact) mass is 433 g/mol. The van der Waals surface area contributed by atoms with Gasteiger partial charge in [0, 0.05) is 17.1 Å². The van der Waals surface area contributed by atoms with Crippen molar-refractivity contribution in [3.63, 3.8) is 0 Å². The van der Waals surface area contributed by atoms with Crippen LogP contribution >= 0.6 is 34.7 Å². The zero-order valence-corrected chi connectivity index (χ0v) is 16.7. The van der Waals surface area contributed by atoms with E-state index in [4.69, 9.17) is 16.1 Å². The molecule has 10 heteroatoms. The van der Waals surface area contributed by atoms with Gasteiger partial charge in [0.05, 0.1) is 5.75 Å². The topological polar surface area (TPSA) is 76.7 Å². The van der Waals surface area contributed by atoms with E-state index >= 15 is 0 Å². The first-order valence-corrected chi connectivity index (χ1v) is 10.4. The van der Waals surface area contributed by atoms with Crippen LogP contribution in [0.15, 0.2) is 57.4 Å². The van der Waals surface area contributed by atoms with E-state index in [1.54, 1.807) is 24.3 Å². The highest BCUT2D eigenvalue weighted by molar-refractivity contribution is 8.00.